The fraction of sp³-hybridized carbons (Fsp3) is 0.647. The molecule has 0 saturated heterocycles. The number of rotatable bonds is 4. The molecule has 2 rings (SSSR count). The van der Waals surface area contributed by atoms with Gasteiger partial charge in [0.1, 0.15) is 5.82 Å². The Hall–Kier alpha value is -0.890. The van der Waals surface area contributed by atoms with E-state index in [1.54, 1.807) is 12.1 Å². The molecule has 0 aromatic heterocycles. The van der Waals surface area contributed by atoms with E-state index in [0.717, 1.165) is 17.4 Å². The molecule has 0 amide bonds. The van der Waals surface area contributed by atoms with Crippen LogP contribution in [0.25, 0.3) is 0 Å². The molecule has 3 atom stereocenters. The summed E-state index contributed by atoms with van der Waals surface area (Å²) in [6.45, 7) is 6.77. The summed E-state index contributed by atoms with van der Waals surface area (Å²) in [6, 6.07) is 7.75. The summed E-state index contributed by atoms with van der Waals surface area (Å²) >= 11 is 0. The first-order valence-corrected chi connectivity index (χ1v) is 7.59. The van der Waals surface area contributed by atoms with E-state index in [1.807, 2.05) is 6.07 Å². The summed E-state index contributed by atoms with van der Waals surface area (Å²) in [5.41, 5.74) is 1.05. The topological polar surface area (TPSA) is 12.0 Å². The van der Waals surface area contributed by atoms with Crippen LogP contribution in [0.3, 0.4) is 0 Å². The molecule has 1 nitrogen and oxygen atoms in total. The lowest BCUT2D eigenvalue weighted by Crippen LogP contribution is -2.42. The zero-order valence-corrected chi connectivity index (χ0v) is 12.3. The van der Waals surface area contributed by atoms with Crippen molar-refractivity contribution in [3.63, 3.8) is 0 Å². The van der Waals surface area contributed by atoms with Crippen molar-refractivity contribution in [2.75, 3.05) is 0 Å². The molecule has 1 saturated carbocycles. The predicted octanol–water partition coefficient (Wildman–Crippen LogP) is 4.69. The largest absolute Gasteiger partial charge is 0.307 e. The van der Waals surface area contributed by atoms with E-state index in [0.29, 0.717) is 6.04 Å². The average Bonchev–Trinajstić information content (AvgIpc) is 2.39. The van der Waals surface area contributed by atoms with Gasteiger partial charge in [0.05, 0.1) is 0 Å². The number of halogens is 1. The SMILES string of the molecule is CC(C)C1CCCCC1N[C@H](C)c1cccc(F)c1. The van der Waals surface area contributed by atoms with Gasteiger partial charge in [0.15, 0.2) is 0 Å². The Morgan fingerprint density at radius 2 is 1.89 bits per heavy atom. The Morgan fingerprint density at radius 1 is 1.16 bits per heavy atom. The highest BCUT2D eigenvalue weighted by Gasteiger charge is 2.28. The summed E-state index contributed by atoms with van der Waals surface area (Å²) in [6.07, 6.45) is 5.25. The van der Waals surface area contributed by atoms with E-state index in [2.05, 4.69) is 26.1 Å². The van der Waals surface area contributed by atoms with Gasteiger partial charge in [0, 0.05) is 12.1 Å². The van der Waals surface area contributed by atoms with E-state index in [9.17, 15) is 4.39 Å². The van der Waals surface area contributed by atoms with Gasteiger partial charge < -0.3 is 5.32 Å². The minimum absolute atomic E-state index is 0.143. The molecular formula is C17H26FN. The number of hydrogen-bond acceptors (Lipinski definition) is 1. The van der Waals surface area contributed by atoms with Crippen molar-refractivity contribution < 1.29 is 4.39 Å². The molecule has 2 unspecified atom stereocenters. The third kappa shape index (κ3) is 3.79. The van der Waals surface area contributed by atoms with Crippen LogP contribution < -0.4 is 5.32 Å². The number of nitrogens with one attached hydrogen (secondary N) is 1. The van der Waals surface area contributed by atoms with Gasteiger partial charge in [0.25, 0.3) is 0 Å². The third-order valence-electron chi connectivity index (χ3n) is 4.49. The van der Waals surface area contributed by atoms with Gasteiger partial charge in [-0.1, -0.05) is 38.8 Å². The van der Waals surface area contributed by atoms with Crippen molar-refractivity contribution in [2.24, 2.45) is 11.8 Å². The zero-order valence-electron chi connectivity index (χ0n) is 12.3. The molecule has 2 heteroatoms. The second-order valence-electron chi connectivity index (χ2n) is 6.24. The minimum Gasteiger partial charge on any atom is -0.307 e. The lowest BCUT2D eigenvalue weighted by molar-refractivity contribution is 0.195. The quantitative estimate of drug-likeness (QED) is 0.831. The highest BCUT2D eigenvalue weighted by atomic mass is 19.1. The maximum Gasteiger partial charge on any atom is 0.123 e. The van der Waals surface area contributed by atoms with Crippen molar-refractivity contribution in [2.45, 2.75) is 58.5 Å². The Morgan fingerprint density at radius 3 is 2.58 bits per heavy atom. The molecule has 0 spiro atoms. The molecule has 0 heterocycles. The average molecular weight is 263 g/mol. The second kappa shape index (κ2) is 6.51. The lowest BCUT2D eigenvalue weighted by Gasteiger charge is -2.37. The maximum atomic E-state index is 13.3. The van der Waals surface area contributed by atoms with Crippen LogP contribution in [0.15, 0.2) is 24.3 Å². The first kappa shape index (κ1) is 14.5. The molecule has 106 valence electrons. The maximum absolute atomic E-state index is 13.3. The highest BCUT2D eigenvalue weighted by molar-refractivity contribution is 5.19. The van der Waals surface area contributed by atoms with E-state index in [-0.39, 0.29) is 11.9 Å². The van der Waals surface area contributed by atoms with Gasteiger partial charge in [-0.25, -0.2) is 4.39 Å². The molecule has 0 bridgehead atoms. The second-order valence-corrected chi connectivity index (χ2v) is 6.24. The van der Waals surface area contributed by atoms with Gasteiger partial charge in [-0.15, -0.1) is 0 Å². The van der Waals surface area contributed by atoms with Gasteiger partial charge >= 0.3 is 0 Å². The Kier molecular flexibility index (Phi) is 4.98. The molecule has 1 aromatic carbocycles. The van der Waals surface area contributed by atoms with Gasteiger partial charge in [-0.05, 0) is 49.3 Å². The molecule has 0 radical (unpaired) electrons. The van der Waals surface area contributed by atoms with Crippen molar-refractivity contribution in [1.29, 1.82) is 0 Å². The summed E-state index contributed by atoms with van der Waals surface area (Å²) in [4.78, 5) is 0. The van der Waals surface area contributed by atoms with Crippen LogP contribution in [0.1, 0.15) is 58.1 Å². The van der Waals surface area contributed by atoms with Crippen molar-refractivity contribution >= 4 is 0 Å². The van der Waals surface area contributed by atoms with Crippen LogP contribution in [0, 0.1) is 17.7 Å². The van der Waals surface area contributed by atoms with Crippen molar-refractivity contribution in [1.82, 2.24) is 5.32 Å². The zero-order chi connectivity index (χ0) is 13.8. The molecule has 1 aromatic rings. The summed E-state index contributed by atoms with van der Waals surface area (Å²) in [7, 11) is 0. The molecule has 1 aliphatic rings. The first-order chi connectivity index (χ1) is 9.08. The van der Waals surface area contributed by atoms with Crippen LogP contribution in [0.4, 0.5) is 4.39 Å². The van der Waals surface area contributed by atoms with Crippen LogP contribution in [-0.4, -0.2) is 6.04 Å². The molecule has 0 aliphatic heterocycles. The van der Waals surface area contributed by atoms with Gasteiger partial charge in [-0.3, -0.25) is 0 Å². The van der Waals surface area contributed by atoms with Gasteiger partial charge in [-0.2, -0.15) is 0 Å². The molecule has 19 heavy (non-hydrogen) atoms. The Balaban J connectivity index is 2.02. The lowest BCUT2D eigenvalue weighted by atomic mass is 9.77. The molecule has 1 fully saturated rings. The fourth-order valence-corrected chi connectivity index (χ4v) is 3.36. The van der Waals surface area contributed by atoms with E-state index >= 15 is 0 Å². The van der Waals surface area contributed by atoms with Crippen LogP contribution >= 0.6 is 0 Å². The van der Waals surface area contributed by atoms with E-state index < -0.39 is 0 Å². The molecule has 1 aliphatic carbocycles. The third-order valence-corrected chi connectivity index (χ3v) is 4.49. The monoisotopic (exact) mass is 263 g/mol. The smallest absolute Gasteiger partial charge is 0.123 e. The van der Waals surface area contributed by atoms with E-state index in [1.165, 1.54) is 31.7 Å². The first-order valence-electron chi connectivity index (χ1n) is 7.59. The fourth-order valence-electron chi connectivity index (χ4n) is 3.36. The standard InChI is InChI=1S/C17H26FN/c1-12(2)16-9-4-5-10-17(16)19-13(3)14-7-6-8-15(18)11-14/h6-8,11-13,16-17,19H,4-5,9-10H2,1-3H3/t13-,16?,17?/m1/s1. The van der Waals surface area contributed by atoms with E-state index in [4.69, 9.17) is 0 Å². The predicted molar refractivity (Wildman–Crippen MR) is 78.5 cm³/mol. The summed E-state index contributed by atoms with van der Waals surface area (Å²) < 4.78 is 13.3. The summed E-state index contributed by atoms with van der Waals surface area (Å²) in [5.74, 6) is 1.33. The Labute approximate surface area is 116 Å². The minimum atomic E-state index is -0.143. The normalized spacial score (nSPS) is 25.5. The van der Waals surface area contributed by atoms with Crippen molar-refractivity contribution in [3.05, 3.63) is 35.6 Å². The number of benzene rings is 1. The highest BCUT2D eigenvalue weighted by Crippen LogP contribution is 2.31. The van der Waals surface area contributed by atoms with Crippen molar-refractivity contribution in [3.8, 4) is 0 Å². The molecular weight excluding hydrogens is 237 g/mol. The van der Waals surface area contributed by atoms with Crippen LogP contribution in [-0.2, 0) is 0 Å². The Bertz CT molecular complexity index is 402. The van der Waals surface area contributed by atoms with Crippen LogP contribution in [0.5, 0.6) is 0 Å². The number of hydrogen-bond donors (Lipinski definition) is 1. The van der Waals surface area contributed by atoms with Gasteiger partial charge in [0.2, 0.25) is 0 Å². The van der Waals surface area contributed by atoms with Crippen LogP contribution in [0.2, 0.25) is 0 Å². The molecule has 1 N–H and O–H groups in total. The summed E-state index contributed by atoms with van der Waals surface area (Å²) in [5, 5.41) is 3.73.